The third-order valence-electron chi connectivity index (χ3n) is 3.90. The van der Waals surface area contributed by atoms with E-state index in [1.165, 1.54) is 12.8 Å². The number of piperidine rings is 1. The van der Waals surface area contributed by atoms with Crippen LogP contribution in [0.5, 0.6) is 6.01 Å². The highest BCUT2D eigenvalue weighted by Crippen LogP contribution is 2.21. The van der Waals surface area contributed by atoms with E-state index in [0.717, 1.165) is 24.0 Å². The Morgan fingerprint density at radius 2 is 2.00 bits per heavy atom. The summed E-state index contributed by atoms with van der Waals surface area (Å²) in [7, 11) is 2.16. The Kier molecular flexibility index (Phi) is 3.69. The Morgan fingerprint density at radius 3 is 2.80 bits per heavy atom. The molecule has 0 unspecified atom stereocenters. The molecule has 0 saturated carbocycles. The van der Waals surface area contributed by atoms with Crippen LogP contribution in [0.25, 0.3) is 10.9 Å². The second-order valence-electron chi connectivity index (χ2n) is 5.47. The number of aromatic nitrogens is 2. The second-order valence-corrected chi connectivity index (χ2v) is 5.47. The Hall–Kier alpha value is -1.88. The molecular formula is C15H20N4O. The number of anilines is 1. The van der Waals surface area contributed by atoms with Crippen molar-refractivity contribution < 1.29 is 4.74 Å². The lowest BCUT2D eigenvalue weighted by molar-refractivity contribution is 0.154. The van der Waals surface area contributed by atoms with Crippen LogP contribution in [0.3, 0.4) is 0 Å². The first-order valence-corrected chi connectivity index (χ1v) is 7.06. The molecule has 2 heterocycles. The van der Waals surface area contributed by atoms with Gasteiger partial charge in [-0.05, 0) is 51.0 Å². The second kappa shape index (κ2) is 5.63. The Morgan fingerprint density at radius 1 is 1.25 bits per heavy atom. The summed E-state index contributed by atoms with van der Waals surface area (Å²) in [5.74, 6) is 1.07. The van der Waals surface area contributed by atoms with Crippen LogP contribution >= 0.6 is 0 Å². The normalized spacial score (nSPS) is 17.4. The fourth-order valence-electron chi connectivity index (χ4n) is 2.56. The number of benzene rings is 1. The first-order valence-electron chi connectivity index (χ1n) is 7.06. The van der Waals surface area contributed by atoms with E-state index in [1.807, 2.05) is 24.3 Å². The van der Waals surface area contributed by atoms with E-state index in [2.05, 4.69) is 21.9 Å². The molecule has 2 aromatic rings. The molecule has 0 radical (unpaired) electrons. The average molecular weight is 272 g/mol. The molecule has 1 saturated heterocycles. The number of nitrogens with zero attached hydrogens (tertiary/aromatic N) is 3. The molecule has 1 aromatic carbocycles. The minimum absolute atomic E-state index is 0.389. The SMILES string of the molecule is CN1CCC(COc2nc(N)c3ccccc3n2)CC1. The predicted molar refractivity (Wildman–Crippen MR) is 79.7 cm³/mol. The Bertz CT molecular complexity index is 593. The topological polar surface area (TPSA) is 64.3 Å². The van der Waals surface area contributed by atoms with Gasteiger partial charge in [-0.1, -0.05) is 12.1 Å². The van der Waals surface area contributed by atoms with Crippen LogP contribution < -0.4 is 10.5 Å². The van der Waals surface area contributed by atoms with E-state index in [0.29, 0.717) is 24.4 Å². The van der Waals surface area contributed by atoms with E-state index in [1.54, 1.807) is 0 Å². The fraction of sp³-hybridized carbons (Fsp3) is 0.467. The molecule has 1 fully saturated rings. The van der Waals surface area contributed by atoms with E-state index >= 15 is 0 Å². The lowest BCUT2D eigenvalue weighted by Crippen LogP contribution is -2.32. The Balaban J connectivity index is 1.68. The van der Waals surface area contributed by atoms with Gasteiger partial charge in [0.05, 0.1) is 12.1 Å². The highest BCUT2D eigenvalue weighted by Gasteiger charge is 2.17. The summed E-state index contributed by atoms with van der Waals surface area (Å²) in [5.41, 5.74) is 6.78. The fourth-order valence-corrected chi connectivity index (χ4v) is 2.56. The first-order chi connectivity index (χ1) is 9.72. The summed E-state index contributed by atoms with van der Waals surface area (Å²) in [6.45, 7) is 2.94. The maximum absolute atomic E-state index is 5.95. The number of fused-ring (bicyclic) bond motifs is 1. The maximum Gasteiger partial charge on any atom is 0.318 e. The van der Waals surface area contributed by atoms with Crippen LogP contribution in [0.4, 0.5) is 5.82 Å². The largest absolute Gasteiger partial charge is 0.463 e. The molecule has 20 heavy (non-hydrogen) atoms. The number of nitrogen functional groups attached to an aromatic ring is 1. The lowest BCUT2D eigenvalue weighted by Gasteiger charge is -2.28. The Labute approximate surface area is 118 Å². The molecule has 0 aliphatic carbocycles. The molecule has 3 rings (SSSR count). The molecule has 2 N–H and O–H groups in total. The molecule has 0 amide bonds. The number of likely N-dealkylation sites (tertiary alicyclic amines) is 1. The standard InChI is InChI=1S/C15H20N4O/c1-19-8-6-11(7-9-19)10-20-15-17-13-5-3-2-4-12(13)14(16)18-15/h2-5,11H,6-10H2,1H3,(H2,16,17,18). The minimum Gasteiger partial charge on any atom is -0.463 e. The van der Waals surface area contributed by atoms with Gasteiger partial charge in [0, 0.05) is 5.39 Å². The van der Waals surface area contributed by atoms with Gasteiger partial charge < -0.3 is 15.4 Å². The summed E-state index contributed by atoms with van der Waals surface area (Å²) in [5, 5.41) is 0.874. The lowest BCUT2D eigenvalue weighted by atomic mass is 9.98. The average Bonchev–Trinajstić information content (AvgIpc) is 2.47. The molecule has 0 spiro atoms. The van der Waals surface area contributed by atoms with Crippen molar-refractivity contribution in [1.82, 2.24) is 14.9 Å². The van der Waals surface area contributed by atoms with Crippen LogP contribution in [0.15, 0.2) is 24.3 Å². The molecule has 0 atom stereocenters. The van der Waals surface area contributed by atoms with Gasteiger partial charge >= 0.3 is 6.01 Å². The van der Waals surface area contributed by atoms with Crippen molar-refractivity contribution in [2.45, 2.75) is 12.8 Å². The molecular weight excluding hydrogens is 252 g/mol. The molecule has 1 aliphatic rings. The molecule has 1 aromatic heterocycles. The van der Waals surface area contributed by atoms with Crippen LogP contribution in [0.1, 0.15) is 12.8 Å². The molecule has 0 bridgehead atoms. The number of ether oxygens (including phenoxy) is 1. The van der Waals surface area contributed by atoms with E-state index in [9.17, 15) is 0 Å². The number of hydrogen-bond acceptors (Lipinski definition) is 5. The van der Waals surface area contributed by atoms with Crippen molar-refractivity contribution in [3.8, 4) is 6.01 Å². The minimum atomic E-state index is 0.389. The summed E-state index contributed by atoms with van der Waals surface area (Å²) >= 11 is 0. The number of hydrogen-bond donors (Lipinski definition) is 1. The van der Waals surface area contributed by atoms with Crippen molar-refractivity contribution >= 4 is 16.7 Å². The summed E-state index contributed by atoms with van der Waals surface area (Å²) in [6.07, 6.45) is 2.33. The first kappa shape index (κ1) is 13.1. The van der Waals surface area contributed by atoms with E-state index in [4.69, 9.17) is 10.5 Å². The molecule has 5 heteroatoms. The smallest absolute Gasteiger partial charge is 0.318 e. The van der Waals surface area contributed by atoms with Gasteiger partial charge in [0.2, 0.25) is 0 Å². The van der Waals surface area contributed by atoms with Crippen LogP contribution in [-0.2, 0) is 0 Å². The third-order valence-corrected chi connectivity index (χ3v) is 3.90. The van der Waals surface area contributed by atoms with Crippen molar-refractivity contribution in [1.29, 1.82) is 0 Å². The third kappa shape index (κ3) is 2.82. The van der Waals surface area contributed by atoms with Crippen molar-refractivity contribution in [2.24, 2.45) is 5.92 Å². The van der Waals surface area contributed by atoms with Crippen molar-refractivity contribution in [3.63, 3.8) is 0 Å². The summed E-state index contributed by atoms with van der Waals surface area (Å²) < 4.78 is 5.75. The molecule has 106 valence electrons. The maximum atomic E-state index is 5.95. The molecule has 1 aliphatic heterocycles. The van der Waals surface area contributed by atoms with Gasteiger partial charge in [-0.3, -0.25) is 0 Å². The summed E-state index contributed by atoms with van der Waals surface area (Å²) in [6, 6.07) is 8.11. The van der Waals surface area contributed by atoms with Gasteiger partial charge in [0.25, 0.3) is 0 Å². The highest BCUT2D eigenvalue weighted by atomic mass is 16.5. The number of nitrogens with two attached hydrogens (primary N) is 1. The molecule has 5 nitrogen and oxygen atoms in total. The van der Waals surface area contributed by atoms with Crippen LogP contribution in [0.2, 0.25) is 0 Å². The zero-order valence-corrected chi connectivity index (χ0v) is 11.7. The van der Waals surface area contributed by atoms with Crippen molar-refractivity contribution in [2.75, 3.05) is 32.5 Å². The van der Waals surface area contributed by atoms with Gasteiger partial charge in [0.1, 0.15) is 5.82 Å². The van der Waals surface area contributed by atoms with Crippen LogP contribution in [-0.4, -0.2) is 41.6 Å². The number of para-hydroxylation sites is 1. The van der Waals surface area contributed by atoms with Crippen LogP contribution in [0, 0.1) is 5.92 Å². The van der Waals surface area contributed by atoms with Gasteiger partial charge in [-0.25, -0.2) is 0 Å². The van der Waals surface area contributed by atoms with Gasteiger partial charge in [0.15, 0.2) is 0 Å². The monoisotopic (exact) mass is 272 g/mol. The van der Waals surface area contributed by atoms with Gasteiger partial charge in [-0.15, -0.1) is 0 Å². The summed E-state index contributed by atoms with van der Waals surface area (Å²) in [4.78, 5) is 11.0. The predicted octanol–water partition coefficient (Wildman–Crippen LogP) is 1.93. The van der Waals surface area contributed by atoms with E-state index < -0.39 is 0 Å². The quantitative estimate of drug-likeness (QED) is 0.925. The zero-order valence-electron chi connectivity index (χ0n) is 11.7. The van der Waals surface area contributed by atoms with Gasteiger partial charge in [-0.2, -0.15) is 9.97 Å². The number of rotatable bonds is 3. The zero-order chi connectivity index (χ0) is 13.9. The van der Waals surface area contributed by atoms with E-state index in [-0.39, 0.29) is 0 Å². The van der Waals surface area contributed by atoms with Crippen molar-refractivity contribution in [3.05, 3.63) is 24.3 Å². The highest BCUT2D eigenvalue weighted by molar-refractivity contribution is 5.88.